The van der Waals surface area contributed by atoms with E-state index in [4.69, 9.17) is 0 Å². The van der Waals surface area contributed by atoms with Crippen molar-refractivity contribution >= 4 is 0 Å². The summed E-state index contributed by atoms with van der Waals surface area (Å²) in [4.78, 5) is 8.16. The van der Waals surface area contributed by atoms with Gasteiger partial charge in [-0.3, -0.25) is 0 Å². The fourth-order valence-electron chi connectivity index (χ4n) is 1.23. The quantitative estimate of drug-likeness (QED) is 0.639. The van der Waals surface area contributed by atoms with Crippen LogP contribution in [0.3, 0.4) is 0 Å². The first-order valence-electron chi connectivity index (χ1n) is 4.60. The Bertz CT molecular complexity index is 233. The molecule has 0 aromatic carbocycles. The average Bonchev–Trinajstić information content (AvgIpc) is 2.09. The van der Waals surface area contributed by atoms with Crippen molar-refractivity contribution in [3.05, 3.63) is 23.8 Å². The number of hydrogen-bond donors (Lipinski definition) is 0. The van der Waals surface area contributed by atoms with Gasteiger partial charge in [0.05, 0.1) is 0 Å². The topological polar surface area (TPSA) is 25.8 Å². The van der Waals surface area contributed by atoms with Gasteiger partial charge in [-0.2, -0.15) is 0 Å². The van der Waals surface area contributed by atoms with Gasteiger partial charge in [-0.05, 0) is 25.3 Å². The Hall–Kier alpha value is -0.920. The van der Waals surface area contributed by atoms with Crippen LogP contribution in [0.15, 0.2) is 12.5 Å². The van der Waals surface area contributed by atoms with E-state index in [0.29, 0.717) is 0 Å². The van der Waals surface area contributed by atoms with Gasteiger partial charge < -0.3 is 0 Å². The Morgan fingerprint density at radius 2 is 2.17 bits per heavy atom. The second-order valence-electron chi connectivity index (χ2n) is 3.09. The molecule has 2 nitrogen and oxygen atoms in total. The smallest absolute Gasteiger partial charge is 0.115 e. The summed E-state index contributed by atoms with van der Waals surface area (Å²) in [6.45, 7) is 4.26. The maximum Gasteiger partial charge on any atom is 0.115 e. The maximum atomic E-state index is 4.15. The number of unbranched alkanes of at least 4 members (excludes halogenated alkanes) is 2. The molecule has 1 heterocycles. The highest BCUT2D eigenvalue weighted by atomic mass is 14.8. The monoisotopic (exact) mass is 164 g/mol. The van der Waals surface area contributed by atoms with Gasteiger partial charge in [0.1, 0.15) is 6.33 Å². The zero-order valence-corrected chi connectivity index (χ0v) is 7.88. The van der Waals surface area contributed by atoms with Crippen LogP contribution in [0.1, 0.15) is 37.4 Å². The van der Waals surface area contributed by atoms with Crippen molar-refractivity contribution in [2.24, 2.45) is 0 Å². The van der Waals surface area contributed by atoms with E-state index in [0.717, 1.165) is 12.1 Å². The molecule has 1 aromatic rings. The molecule has 0 aliphatic rings. The van der Waals surface area contributed by atoms with E-state index in [1.165, 1.54) is 24.8 Å². The zero-order chi connectivity index (χ0) is 8.81. The number of rotatable bonds is 4. The van der Waals surface area contributed by atoms with Crippen molar-refractivity contribution < 1.29 is 0 Å². The first-order valence-corrected chi connectivity index (χ1v) is 4.60. The van der Waals surface area contributed by atoms with E-state index in [9.17, 15) is 0 Å². The van der Waals surface area contributed by atoms with Gasteiger partial charge in [0.25, 0.3) is 0 Å². The third-order valence-electron chi connectivity index (χ3n) is 2.06. The number of hydrogen-bond acceptors (Lipinski definition) is 2. The molecule has 0 bridgehead atoms. The highest BCUT2D eigenvalue weighted by Gasteiger charge is 1.97. The largest absolute Gasteiger partial charge is 0.245 e. The number of aromatic nitrogens is 2. The minimum absolute atomic E-state index is 1.13. The predicted molar refractivity (Wildman–Crippen MR) is 50.0 cm³/mol. The lowest BCUT2D eigenvalue weighted by Gasteiger charge is -2.01. The summed E-state index contributed by atoms with van der Waals surface area (Å²) in [7, 11) is 0. The molecule has 0 aliphatic carbocycles. The van der Waals surface area contributed by atoms with Gasteiger partial charge in [0, 0.05) is 11.9 Å². The van der Waals surface area contributed by atoms with Crippen LogP contribution in [0.4, 0.5) is 0 Å². The lowest BCUT2D eigenvalue weighted by molar-refractivity contribution is 0.710. The van der Waals surface area contributed by atoms with E-state index in [1.807, 2.05) is 13.1 Å². The van der Waals surface area contributed by atoms with Crippen molar-refractivity contribution in [2.45, 2.75) is 39.5 Å². The average molecular weight is 164 g/mol. The summed E-state index contributed by atoms with van der Waals surface area (Å²) >= 11 is 0. The number of nitrogens with zero attached hydrogens (tertiary/aromatic N) is 2. The molecule has 0 fully saturated rings. The SMILES string of the molecule is CCCCCc1cncnc1C. The van der Waals surface area contributed by atoms with Crippen LogP contribution < -0.4 is 0 Å². The van der Waals surface area contributed by atoms with Gasteiger partial charge in [0.15, 0.2) is 0 Å². The highest BCUT2D eigenvalue weighted by molar-refractivity contribution is 5.13. The first-order chi connectivity index (χ1) is 5.84. The summed E-state index contributed by atoms with van der Waals surface area (Å²) in [5.74, 6) is 0. The summed E-state index contributed by atoms with van der Waals surface area (Å²) in [5.41, 5.74) is 2.42. The van der Waals surface area contributed by atoms with E-state index in [2.05, 4.69) is 16.9 Å². The molecular formula is C10H16N2. The zero-order valence-electron chi connectivity index (χ0n) is 7.88. The van der Waals surface area contributed by atoms with Gasteiger partial charge in [0.2, 0.25) is 0 Å². The first kappa shape index (κ1) is 9.17. The van der Waals surface area contributed by atoms with Crippen LogP contribution in [-0.2, 0) is 6.42 Å². The van der Waals surface area contributed by atoms with Crippen molar-refractivity contribution in [1.82, 2.24) is 9.97 Å². The second kappa shape index (κ2) is 4.86. The molecule has 0 aliphatic heterocycles. The number of aryl methyl sites for hydroxylation is 2. The fourth-order valence-corrected chi connectivity index (χ4v) is 1.23. The Labute approximate surface area is 74.1 Å². The van der Waals surface area contributed by atoms with Crippen LogP contribution in [0.25, 0.3) is 0 Å². The Kier molecular flexibility index (Phi) is 3.71. The van der Waals surface area contributed by atoms with Crippen LogP contribution >= 0.6 is 0 Å². The Morgan fingerprint density at radius 3 is 2.83 bits per heavy atom. The second-order valence-corrected chi connectivity index (χ2v) is 3.09. The molecule has 0 saturated carbocycles. The predicted octanol–water partition coefficient (Wildman–Crippen LogP) is 2.52. The van der Waals surface area contributed by atoms with Gasteiger partial charge in [-0.1, -0.05) is 19.8 Å². The fraction of sp³-hybridized carbons (Fsp3) is 0.600. The van der Waals surface area contributed by atoms with E-state index >= 15 is 0 Å². The summed E-state index contributed by atoms with van der Waals surface area (Å²) in [5, 5.41) is 0. The molecular weight excluding hydrogens is 148 g/mol. The summed E-state index contributed by atoms with van der Waals surface area (Å²) in [6.07, 6.45) is 8.49. The molecule has 66 valence electrons. The standard InChI is InChI=1S/C10H16N2/c1-3-4-5-6-10-7-11-8-12-9(10)2/h7-8H,3-6H2,1-2H3. The third-order valence-corrected chi connectivity index (χ3v) is 2.06. The molecule has 0 saturated heterocycles. The third kappa shape index (κ3) is 2.61. The summed E-state index contributed by atoms with van der Waals surface area (Å²) < 4.78 is 0. The van der Waals surface area contributed by atoms with Crippen molar-refractivity contribution in [1.29, 1.82) is 0 Å². The molecule has 0 spiro atoms. The van der Waals surface area contributed by atoms with Crippen LogP contribution in [0.2, 0.25) is 0 Å². The Balaban J connectivity index is 2.46. The summed E-state index contributed by atoms with van der Waals surface area (Å²) in [6, 6.07) is 0. The van der Waals surface area contributed by atoms with Crippen molar-refractivity contribution in [2.75, 3.05) is 0 Å². The molecule has 0 unspecified atom stereocenters. The molecule has 0 atom stereocenters. The van der Waals surface area contributed by atoms with E-state index in [1.54, 1.807) is 6.33 Å². The van der Waals surface area contributed by atoms with Crippen LogP contribution in [-0.4, -0.2) is 9.97 Å². The molecule has 0 amide bonds. The molecule has 12 heavy (non-hydrogen) atoms. The van der Waals surface area contributed by atoms with Crippen molar-refractivity contribution in [3.63, 3.8) is 0 Å². The minimum Gasteiger partial charge on any atom is -0.245 e. The van der Waals surface area contributed by atoms with Crippen LogP contribution in [0, 0.1) is 6.92 Å². The van der Waals surface area contributed by atoms with Gasteiger partial charge >= 0.3 is 0 Å². The van der Waals surface area contributed by atoms with Gasteiger partial charge in [-0.15, -0.1) is 0 Å². The lowest BCUT2D eigenvalue weighted by Crippen LogP contribution is -1.93. The van der Waals surface area contributed by atoms with Gasteiger partial charge in [-0.25, -0.2) is 9.97 Å². The molecule has 1 rings (SSSR count). The normalized spacial score (nSPS) is 10.2. The van der Waals surface area contributed by atoms with Crippen LogP contribution in [0.5, 0.6) is 0 Å². The molecule has 0 N–H and O–H groups in total. The lowest BCUT2D eigenvalue weighted by atomic mass is 10.1. The van der Waals surface area contributed by atoms with E-state index in [-0.39, 0.29) is 0 Å². The minimum atomic E-state index is 1.13. The molecule has 0 radical (unpaired) electrons. The van der Waals surface area contributed by atoms with E-state index < -0.39 is 0 Å². The molecule has 2 heteroatoms. The Morgan fingerprint density at radius 1 is 1.33 bits per heavy atom. The molecule has 1 aromatic heterocycles. The van der Waals surface area contributed by atoms with Crippen molar-refractivity contribution in [3.8, 4) is 0 Å². The highest BCUT2D eigenvalue weighted by Crippen LogP contribution is 2.07. The maximum absolute atomic E-state index is 4.15.